The molecular formula is C25H21ClN4OS. The molecule has 5 nitrogen and oxygen atoms in total. The Labute approximate surface area is 195 Å². The molecule has 1 heterocycles. The molecule has 4 aromatic rings. The first-order chi connectivity index (χ1) is 15.5. The number of benzene rings is 3. The monoisotopic (exact) mass is 460 g/mol. The summed E-state index contributed by atoms with van der Waals surface area (Å²) in [6.07, 6.45) is 1.67. The van der Waals surface area contributed by atoms with Crippen molar-refractivity contribution in [1.29, 1.82) is 0 Å². The molecule has 32 heavy (non-hydrogen) atoms. The minimum absolute atomic E-state index is 0.184. The van der Waals surface area contributed by atoms with Gasteiger partial charge in [0.1, 0.15) is 10.7 Å². The Balaban J connectivity index is 1.60. The molecule has 0 atom stereocenters. The predicted molar refractivity (Wildman–Crippen MR) is 134 cm³/mol. The van der Waals surface area contributed by atoms with Crippen molar-refractivity contribution in [3.05, 3.63) is 100 Å². The van der Waals surface area contributed by atoms with Crippen LogP contribution in [-0.4, -0.2) is 17.1 Å². The molecule has 0 bridgehead atoms. The Kier molecular flexibility index (Phi) is 6.63. The van der Waals surface area contributed by atoms with Gasteiger partial charge in [-0.05, 0) is 43.7 Å². The van der Waals surface area contributed by atoms with E-state index in [-0.39, 0.29) is 5.91 Å². The summed E-state index contributed by atoms with van der Waals surface area (Å²) in [6, 6.07) is 22.9. The first-order valence-electron chi connectivity index (χ1n) is 9.98. The number of hydrogen-bond acceptors (Lipinski definition) is 5. The third kappa shape index (κ3) is 5.41. The van der Waals surface area contributed by atoms with Gasteiger partial charge >= 0.3 is 0 Å². The second-order valence-corrected chi connectivity index (χ2v) is 8.74. The zero-order valence-corrected chi connectivity index (χ0v) is 19.2. The molecule has 1 amide bonds. The van der Waals surface area contributed by atoms with Crippen molar-refractivity contribution in [3.63, 3.8) is 0 Å². The molecule has 0 spiro atoms. The first-order valence-corrected chi connectivity index (χ1v) is 11.2. The molecule has 2 N–H and O–H groups in total. The number of thiazole rings is 1. The number of aryl methyl sites for hydroxylation is 2. The Morgan fingerprint density at radius 3 is 2.38 bits per heavy atom. The van der Waals surface area contributed by atoms with Crippen LogP contribution in [0.4, 0.5) is 10.1 Å². The molecule has 0 saturated carbocycles. The van der Waals surface area contributed by atoms with E-state index in [2.05, 4.69) is 20.8 Å². The van der Waals surface area contributed by atoms with E-state index in [0.717, 1.165) is 22.3 Å². The number of hydrazone groups is 1. The molecule has 0 aliphatic heterocycles. The second kappa shape index (κ2) is 9.77. The summed E-state index contributed by atoms with van der Waals surface area (Å²) in [4.78, 5) is 17.5. The van der Waals surface area contributed by atoms with Crippen molar-refractivity contribution in [2.45, 2.75) is 13.8 Å². The van der Waals surface area contributed by atoms with Crippen LogP contribution in [-0.2, 0) is 0 Å². The number of halogens is 1. The Morgan fingerprint density at radius 1 is 1.00 bits per heavy atom. The minimum atomic E-state index is -0.184. The van der Waals surface area contributed by atoms with Crippen molar-refractivity contribution in [1.82, 2.24) is 4.98 Å². The number of nitrogens with one attached hydrogen (secondary N) is 2. The molecule has 1 aromatic heterocycles. The molecule has 0 radical (unpaired) electrons. The fraction of sp³-hybridized carbons (Fsp3) is 0.0800. The van der Waals surface area contributed by atoms with Gasteiger partial charge in [0.05, 0.1) is 6.21 Å². The summed E-state index contributed by atoms with van der Waals surface area (Å²) < 4.78 is 0. The van der Waals surface area contributed by atoms with E-state index in [1.54, 1.807) is 6.21 Å². The summed E-state index contributed by atoms with van der Waals surface area (Å²) in [5.74, 6) is -0.184. The predicted octanol–water partition coefficient (Wildman–Crippen LogP) is 6.78. The van der Waals surface area contributed by atoms with Gasteiger partial charge in [-0.1, -0.05) is 82.6 Å². The third-order valence-electron chi connectivity index (χ3n) is 4.72. The van der Waals surface area contributed by atoms with Crippen molar-refractivity contribution in [2.24, 2.45) is 5.10 Å². The molecule has 3 aromatic carbocycles. The summed E-state index contributed by atoms with van der Waals surface area (Å²) in [5, 5.41) is 9.13. The van der Waals surface area contributed by atoms with E-state index in [1.165, 1.54) is 11.3 Å². The lowest BCUT2D eigenvalue weighted by Gasteiger charge is -2.06. The summed E-state index contributed by atoms with van der Waals surface area (Å²) >= 11 is 7.35. The zero-order chi connectivity index (χ0) is 22.5. The quantitative estimate of drug-likeness (QED) is 0.246. The van der Waals surface area contributed by atoms with Crippen molar-refractivity contribution < 1.29 is 4.79 Å². The topological polar surface area (TPSA) is 66.4 Å². The average molecular weight is 461 g/mol. The standard InChI is InChI=1S/C25H21ClN4OS/c1-16-6-10-19(11-7-16)22-24(29-23(31)20-12-8-17(2)9-13-20)32-25(28-22)30-27-15-18-4-3-5-21(26)14-18/h3-15H,1-2H3,(H,28,30)(H,29,31)/b27-15-. The van der Waals surface area contributed by atoms with Crippen LogP contribution < -0.4 is 10.7 Å². The van der Waals surface area contributed by atoms with E-state index >= 15 is 0 Å². The molecular weight excluding hydrogens is 440 g/mol. The van der Waals surface area contributed by atoms with Crippen molar-refractivity contribution in [3.8, 4) is 11.3 Å². The van der Waals surface area contributed by atoms with E-state index in [1.807, 2.05) is 86.6 Å². The Morgan fingerprint density at radius 2 is 1.69 bits per heavy atom. The van der Waals surface area contributed by atoms with Gasteiger partial charge in [-0.25, -0.2) is 4.98 Å². The van der Waals surface area contributed by atoms with E-state index in [9.17, 15) is 4.79 Å². The largest absolute Gasteiger partial charge is 0.312 e. The lowest BCUT2D eigenvalue weighted by atomic mass is 10.1. The van der Waals surface area contributed by atoms with Gasteiger partial charge in [0, 0.05) is 16.1 Å². The van der Waals surface area contributed by atoms with E-state index < -0.39 is 0 Å². The molecule has 0 unspecified atom stereocenters. The lowest BCUT2D eigenvalue weighted by molar-refractivity contribution is 0.102. The number of amides is 1. The highest BCUT2D eigenvalue weighted by atomic mass is 35.5. The van der Waals surface area contributed by atoms with Gasteiger partial charge in [-0.3, -0.25) is 10.2 Å². The fourth-order valence-electron chi connectivity index (χ4n) is 2.99. The molecule has 0 aliphatic rings. The molecule has 4 rings (SSSR count). The van der Waals surface area contributed by atoms with Crippen LogP contribution >= 0.6 is 22.9 Å². The van der Waals surface area contributed by atoms with E-state index in [4.69, 9.17) is 11.6 Å². The Bertz CT molecular complexity index is 1260. The fourth-order valence-corrected chi connectivity index (χ4v) is 4.02. The highest BCUT2D eigenvalue weighted by molar-refractivity contribution is 7.20. The van der Waals surface area contributed by atoms with Crippen molar-refractivity contribution in [2.75, 3.05) is 10.7 Å². The van der Waals surface area contributed by atoms with Crippen LogP contribution in [0.3, 0.4) is 0 Å². The average Bonchev–Trinajstić information content (AvgIpc) is 3.17. The van der Waals surface area contributed by atoms with Crippen LogP contribution in [0, 0.1) is 13.8 Å². The molecule has 7 heteroatoms. The van der Waals surface area contributed by atoms with Crippen LogP contribution in [0.25, 0.3) is 11.3 Å². The van der Waals surface area contributed by atoms with Crippen LogP contribution in [0.1, 0.15) is 27.0 Å². The highest BCUT2D eigenvalue weighted by Gasteiger charge is 2.16. The zero-order valence-electron chi connectivity index (χ0n) is 17.6. The van der Waals surface area contributed by atoms with Gasteiger partial charge in [0.25, 0.3) is 5.91 Å². The number of anilines is 2. The molecule has 0 aliphatic carbocycles. The lowest BCUT2D eigenvalue weighted by Crippen LogP contribution is -2.11. The van der Waals surface area contributed by atoms with Gasteiger partial charge in [0.15, 0.2) is 0 Å². The summed E-state index contributed by atoms with van der Waals surface area (Å²) in [5.41, 5.74) is 8.27. The number of nitrogens with zero attached hydrogens (tertiary/aromatic N) is 2. The second-order valence-electron chi connectivity index (χ2n) is 7.31. The van der Waals surface area contributed by atoms with Crippen LogP contribution in [0.2, 0.25) is 5.02 Å². The highest BCUT2D eigenvalue weighted by Crippen LogP contribution is 2.36. The molecule has 0 saturated heterocycles. The number of rotatable bonds is 6. The van der Waals surface area contributed by atoms with E-state index in [0.29, 0.717) is 26.4 Å². The SMILES string of the molecule is Cc1ccc(C(=O)Nc2sc(N/N=C\c3cccc(Cl)c3)nc2-c2ccc(C)cc2)cc1. The molecule has 0 fully saturated rings. The molecule has 160 valence electrons. The Hall–Kier alpha value is -3.48. The number of aromatic nitrogens is 1. The summed E-state index contributed by atoms with van der Waals surface area (Å²) in [6.45, 7) is 4.02. The third-order valence-corrected chi connectivity index (χ3v) is 5.83. The summed E-state index contributed by atoms with van der Waals surface area (Å²) in [7, 11) is 0. The maximum absolute atomic E-state index is 12.8. The van der Waals surface area contributed by atoms with Gasteiger partial charge in [-0.15, -0.1) is 0 Å². The number of carbonyl (C=O) groups is 1. The maximum Gasteiger partial charge on any atom is 0.256 e. The minimum Gasteiger partial charge on any atom is -0.312 e. The normalized spacial score (nSPS) is 11.0. The number of carbonyl (C=O) groups excluding carboxylic acids is 1. The van der Waals surface area contributed by atoms with Gasteiger partial charge < -0.3 is 5.32 Å². The van der Waals surface area contributed by atoms with Gasteiger partial charge in [0.2, 0.25) is 5.13 Å². The number of hydrogen-bond donors (Lipinski definition) is 2. The van der Waals surface area contributed by atoms with Crippen LogP contribution in [0.5, 0.6) is 0 Å². The maximum atomic E-state index is 12.8. The smallest absolute Gasteiger partial charge is 0.256 e. The van der Waals surface area contributed by atoms with Crippen LogP contribution in [0.15, 0.2) is 77.9 Å². The van der Waals surface area contributed by atoms with Crippen molar-refractivity contribution >= 4 is 45.2 Å². The van der Waals surface area contributed by atoms with Gasteiger partial charge in [-0.2, -0.15) is 5.10 Å². The first kappa shape index (κ1) is 21.7.